The van der Waals surface area contributed by atoms with Crippen LogP contribution in [-0.4, -0.2) is 15.3 Å². The Bertz CT molecular complexity index is 663. The lowest BCUT2D eigenvalue weighted by Crippen LogP contribution is -2.16. The summed E-state index contributed by atoms with van der Waals surface area (Å²) in [6.45, 7) is 0. The number of halogens is 1. The van der Waals surface area contributed by atoms with Gasteiger partial charge in [-0.25, -0.2) is 0 Å². The Morgan fingerprint density at radius 1 is 1.16 bits per heavy atom. The molecule has 0 fully saturated rings. The first-order valence-corrected chi connectivity index (χ1v) is 8.22. The number of fused-ring (bicyclic) bond motifs is 2. The normalized spacial score (nSPS) is 21.5. The van der Waals surface area contributed by atoms with Crippen molar-refractivity contribution in [2.24, 2.45) is 0 Å². The minimum Gasteiger partial charge on any atom is -0.254 e. The van der Waals surface area contributed by atoms with E-state index in [0.717, 1.165) is 28.7 Å². The molecule has 2 atom stereocenters. The molecule has 0 bridgehead atoms. The quantitative estimate of drug-likeness (QED) is 0.768. The monoisotopic (exact) mass is 290 g/mol. The Morgan fingerprint density at radius 2 is 1.89 bits per heavy atom. The fourth-order valence-electron chi connectivity index (χ4n) is 2.47. The first kappa shape index (κ1) is 12.9. The van der Waals surface area contributed by atoms with Crippen LogP contribution in [0.2, 0.25) is 0 Å². The zero-order valence-corrected chi connectivity index (χ0v) is 12.1. The van der Waals surface area contributed by atoms with Crippen molar-refractivity contribution in [1.29, 1.82) is 0 Å². The summed E-state index contributed by atoms with van der Waals surface area (Å²) in [6, 6.07) is 12.4. The van der Waals surface area contributed by atoms with Crippen LogP contribution >= 0.6 is 11.6 Å². The average Bonchev–Trinajstić information content (AvgIpc) is 2.45. The molecule has 0 amide bonds. The summed E-state index contributed by atoms with van der Waals surface area (Å²) in [5.74, 6) is 0.631. The van der Waals surface area contributed by atoms with Gasteiger partial charge in [0, 0.05) is 10.8 Å². The van der Waals surface area contributed by atoms with Crippen molar-refractivity contribution in [3.05, 3.63) is 48.0 Å². The van der Waals surface area contributed by atoms with E-state index < -0.39 is 10.8 Å². The molecule has 0 N–H and O–H groups in total. The minimum atomic E-state index is -0.956. The molecule has 3 heteroatoms. The van der Waals surface area contributed by atoms with E-state index in [2.05, 4.69) is 36.4 Å². The Labute approximate surface area is 120 Å². The lowest BCUT2D eigenvalue weighted by Gasteiger charge is -2.19. The molecule has 0 saturated heterocycles. The van der Waals surface area contributed by atoms with Gasteiger partial charge < -0.3 is 0 Å². The van der Waals surface area contributed by atoms with E-state index in [-0.39, 0.29) is 5.25 Å². The van der Waals surface area contributed by atoms with Crippen LogP contribution in [0.15, 0.2) is 47.4 Å². The molecule has 19 heavy (non-hydrogen) atoms. The van der Waals surface area contributed by atoms with E-state index >= 15 is 0 Å². The maximum atomic E-state index is 12.6. The lowest BCUT2D eigenvalue weighted by molar-refractivity contribution is 0.670. The molecule has 1 aliphatic rings. The Kier molecular flexibility index (Phi) is 3.72. The molecule has 0 aliphatic carbocycles. The van der Waals surface area contributed by atoms with E-state index in [0.29, 0.717) is 5.88 Å². The molecule has 2 unspecified atom stereocenters. The zero-order chi connectivity index (χ0) is 13.2. The molecule has 0 spiro atoms. The van der Waals surface area contributed by atoms with Crippen molar-refractivity contribution in [2.45, 2.75) is 23.0 Å². The molecule has 98 valence electrons. The van der Waals surface area contributed by atoms with Gasteiger partial charge in [0.1, 0.15) is 0 Å². The summed E-state index contributed by atoms with van der Waals surface area (Å²) in [4.78, 5) is 0.959. The Morgan fingerprint density at radius 3 is 2.63 bits per heavy atom. The summed E-state index contributed by atoms with van der Waals surface area (Å²) in [5.41, 5.74) is 1.08. The van der Waals surface area contributed by atoms with Crippen molar-refractivity contribution < 1.29 is 4.21 Å². The van der Waals surface area contributed by atoms with E-state index in [1.165, 1.54) is 5.39 Å². The van der Waals surface area contributed by atoms with E-state index in [1.807, 2.05) is 12.1 Å². The van der Waals surface area contributed by atoms with Crippen LogP contribution in [0.3, 0.4) is 0 Å². The van der Waals surface area contributed by atoms with E-state index in [4.69, 9.17) is 11.6 Å². The lowest BCUT2D eigenvalue weighted by atomic mass is 10.1. The van der Waals surface area contributed by atoms with E-state index in [9.17, 15) is 4.21 Å². The second-order valence-corrected chi connectivity index (χ2v) is 6.78. The standard InChI is InChI=1S/C16H15ClOS/c17-9-3-6-15-8-7-14-10-12-4-1-2-5-13(12)11-16(14)19(15)18/h1-2,4-5,7-8,10-11,15H,3,6,9H2. The maximum absolute atomic E-state index is 12.6. The van der Waals surface area contributed by atoms with Crippen molar-refractivity contribution in [2.75, 3.05) is 5.88 Å². The van der Waals surface area contributed by atoms with Gasteiger partial charge in [-0.3, -0.25) is 4.21 Å². The number of hydrogen-bond acceptors (Lipinski definition) is 1. The largest absolute Gasteiger partial charge is 0.254 e. The number of hydrogen-bond donors (Lipinski definition) is 0. The van der Waals surface area contributed by atoms with Crippen molar-refractivity contribution in [1.82, 2.24) is 0 Å². The zero-order valence-electron chi connectivity index (χ0n) is 10.5. The molecule has 3 rings (SSSR count). The van der Waals surface area contributed by atoms with Crippen LogP contribution in [0.25, 0.3) is 16.8 Å². The van der Waals surface area contributed by atoms with E-state index in [1.54, 1.807) is 0 Å². The van der Waals surface area contributed by atoms with Crippen LogP contribution in [0.1, 0.15) is 18.4 Å². The average molecular weight is 291 g/mol. The number of benzene rings is 2. The summed E-state index contributed by atoms with van der Waals surface area (Å²) < 4.78 is 12.6. The SMILES string of the molecule is O=S1c2cc3ccccc3cc2C=CC1CCCCl. The fourth-order valence-corrected chi connectivity index (χ4v) is 4.15. The van der Waals surface area contributed by atoms with Crippen molar-refractivity contribution in [3.8, 4) is 0 Å². The van der Waals surface area contributed by atoms with Crippen LogP contribution < -0.4 is 0 Å². The molecule has 1 nitrogen and oxygen atoms in total. The molecule has 0 saturated carbocycles. The van der Waals surface area contributed by atoms with Crippen molar-refractivity contribution >= 4 is 39.2 Å². The smallest absolute Gasteiger partial charge is 0.0605 e. The van der Waals surface area contributed by atoms with Gasteiger partial charge in [-0.15, -0.1) is 11.6 Å². The Balaban J connectivity index is 2.03. The molecule has 2 aromatic carbocycles. The second-order valence-electron chi connectivity index (χ2n) is 4.76. The van der Waals surface area contributed by atoms with Crippen molar-refractivity contribution in [3.63, 3.8) is 0 Å². The third-order valence-electron chi connectivity index (χ3n) is 3.48. The molecular formula is C16H15ClOS. The summed E-state index contributed by atoms with van der Waals surface area (Å²) >= 11 is 5.72. The third-order valence-corrected chi connectivity index (χ3v) is 5.48. The predicted octanol–water partition coefficient (Wildman–Crippen LogP) is 4.36. The van der Waals surface area contributed by atoms with Crippen LogP contribution in [0.5, 0.6) is 0 Å². The fraction of sp³-hybridized carbons (Fsp3) is 0.250. The van der Waals surface area contributed by atoms with Gasteiger partial charge in [-0.2, -0.15) is 0 Å². The number of alkyl halides is 1. The number of rotatable bonds is 3. The summed E-state index contributed by atoms with van der Waals surface area (Å²) in [5, 5.41) is 2.45. The predicted molar refractivity (Wildman–Crippen MR) is 83.1 cm³/mol. The summed E-state index contributed by atoms with van der Waals surface area (Å²) in [6.07, 6.45) is 5.96. The topological polar surface area (TPSA) is 17.1 Å². The second kappa shape index (κ2) is 5.48. The molecule has 1 heterocycles. The van der Waals surface area contributed by atoms with Gasteiger partial charge in [0.15, 0.2) is 0 Å². The molecule has 2 aromatic rings. The first-order valence-electron chi connectivity index (χ1n) is 6.47. The molecule has 1 aliphatic heterocycles. The minimum absolute atomic E-state index is 0.104. The van der Waals surface area contributed by atoms with Gasteiger partial charge >= 0.3 is 0 Å². The highest BCUT2D eigenvalue weighted by molar-refractivity contribution is 7.86. The highest BCUT2D eigenvalue weighted by atomic mass is 35.5. The Hall–Kier alpha value is -1.12. The van der Waals surface area contributed by atoms with Gasteiger partial charge in [0.25, 0.3) is 0 Å². The highest BCUT2D eigenvalue weighted by Crippen LogP contribution is 2.30. The highest BCUT2D eigenvalue weighted by Gasteiger charge is 2.21. The van der Waals surface area contributed by atoms with Crippen LogP contribution in [-0.2, 0) is 10.8 Å². The third kappa shape index (κ3) is 2.47. The molecular weight excluding hydrogens is 276 g/mol. The first-order chi connectivity index (χ1) is 9.29. The maximum Gasteiger partial charge on any atom is 0.0605 e. The molecule has 0 radical (unpaired) electrons. The van der Waals surface area contributed by atoms with Gasteiger partial charge in [-0.1, -0.05) is 36.4 Å². The van der Waals surface area contributed by atoms with Gasteiger partial charge in [0.05, 0.1) is 16.0 Å². The van der Waals surface area contributed by atoms with Gasteiger partial charge in [0.2, 0.25) is 0 Å². The van der Waals surface area contributed by atoms with Crippen LogP contribution in [0.4, 0.5) is 0 Å². The van der Waals surface area contributed by atoms with Gasteiger partial charge in [-0.05, 0) is 41.3 Å². The van der Waals surface area contributed by atoms with Crippen LogP contribution in [0, 0.1) is 0 Å². The summed E-state index contributed by atoms with van der Waals surface area (Å²) in [7, 11) is -0.956. The molecule has 0 aromatic heterocycles.